The molecule has 0 aromatic heterocycles. The molecule has 0 heterocycles. The van der Waals surface area contributed by atoms with E-state index in [0.29, 0.717) is 11.3 Å². The van der Waals surface area contributed by atoms with E-state index in [1.165, 1.54) is 0 Å². The highest BCUT2D eigenvalue weighted by Crippen LogP contribution is 2.28. The summed E-state index contributed by atoms with van der Waals surface area (Å²) in [6, 6.07) is 5.28. The molecular formula is C13H19BrO4S. The number of aliphatic hydroxyl groups excluding tert-OH is 1. The van der Waals surface area contributed by atoms with Crippen molar-refractivity contribution >= 4 is 25.8 Å². The Labute approximate surface area is 122 Å². The van der Waals surface area contributed by atoms with Gasteiger partial charge in [0, 0.05) is 10.0 Å². The summed E-state index contributed by atoms with van der Waals surface area (Å²) in [5.74, 6) is 0.472. The number of hydrogen-bond acceptors (Lipinski definition) is 4. The summed E-state index contributed by atoms with van der Waals surface area (Å²) in [5, 5.41) is 9.22. The molecule has 1 rings (SSSR count). The molecule has 1 aromatic carbocycles. The molecule has 0 aliphatic carbocycles. The minimum atomic E-state index is -3.11. The van der Waals surface area contributed by atoms with Crippen molar-refractivity contribution in [3.8, 4) is 5.75 Å². The maximum Gasteiger partial charge on any atom is 0.155 e. The first-order valence-electron chi connectivity index (χ1n) is 6.06. The molecule has 0 aliphatic heterocycles. The van der Waals surface area contributed by atoms with Gasteiger partial charge in [-0.05, 0) is 32.9 Å². The summed E-state index contributed by atoms with van der Waals surface area (Å²) in [7, 11) is -3.11. The van der Waals surface area contributed by atoms with Crippen molar-refractivity contribution in [2.75, 3.05) is 12.4 Å². The van der Waals surface area contributed by atoms with Gasteiger partial charge < -0.3 is 9.84 Å². The highest BCUT2D eigenvalue weighted by molar-refractivity contribution is 9.10. The maximum atomic E-state index is 11.7. The number of benzene rings is 1. The normalized spacial score (nSPS) is 13.6. The highest BCUT2D eigenvalue weighted by Gasteiger charge is 2.17. The van der Waals surface area contributed by atoms with Gasteiger partial charge in [-0.3, -0.25) is 0 Å². The molecule has 0 saturated carbocycles. The van der Waals surface area contributed by atoms with Crippen molar-refractivity contribution < 1.29 is 18.3 Å². The lowest BCUT2D eigenvalue weighted by molar-refractivity contribution is 0.192. The van der Waals surface area contributed by atoms with Gasteiger partial charge in [-0.25, -0.2) is 8.42 Å². The molecule has 19 heavy (non-hydrogen) atoms. The predicted octanol–water partition coefficient (Wildman–Crippen LogP) is 2.70. The van der Waals surface area contributed by atoms with E-state index in [2.05, 4.69) is 15.9 Å². The number of rotatable bonds is 6. The van der Waals surface area contributed by atoms with Crippen LogP contribution in [-0.4, -0.2) is 31.1 Å². The van der Waals surface area contributed by atoms with Crippen molar-refractivity contribution in [1.29, 1.82) is 0 Å². The van der Waals surface area contributed by atoms with E-state index in [9.17, 15) is 13.5 Å². The zero-order valence-corrected chi connectivity index (χ0v) is 13.7. The molecule has 0 bridgehead atoms. The maximum absolute atomic E-state index is 11.7. The Hall–Kier alpha value is -0.590. The number of sulfone groups is 1. The third-order valence-corrected chi connectivity index (χ3v) is 5.43. The van der Waals surface area contributed by atoms with Crippen LogP contribution in [0.2, 0.25) is 0 Å². The monoisotopic (exact) mass is 350 g/mol. The van der Waals surface area contributed by atoms with E-state index in [0.717, 1.165) is 4.47 Å². The average molecular weight is 351 g/mol. The number of halogens is 1. The molecule has 0 spiro atoms. The van der Waals surface area contributed by atoms with Crippen LogP contribution in [0.25, 0.3) is 0 Å². The first kappa shape index (κ1) is 16.5. The van der Waals surface area contributed by atoms with Crippen molar-refractivity contribution in [2.45, 2.75) is 32.1 Å². The fourth-order valence-corrected chi connectivity index (χ4v) is 2.61. The van der Waals surface area contributed by atoms with Crippen LogP contribution in [0.5, 0.6) is 5.75 Å². The van der Waals surface area contributed by atoms with E-state index in [1.54, 1.807) is 39.0 Å². The molecule has 4 nitrogen and oxygen atoms in total. The Bertz CT molecular complexity index is 523. The van der Waals surface area contributed by atoms with E-state index in [4.69, 9.17) is 4.74 Å². The van der Waals surface area contributed by atoms with Crippen LogP contribution in [0.1, 0.15) is 32.4 Å². The molecule has 1 aromatic rings. The van der Waals surface area contributed by atoms with Gasteiger partial charge in [0.05, 0.1) is 17.1 Å². The highest BCUT2D eigenvalue weighted by atomic mass is 79.9. The smallest absolute Gasteiger partial charge is 0.155 e. The zero-order chi connectivity index (χ0) is 14.6. The Morgan fingerprint density at radius 1 is 1.32 bits per heavy atom. The van der Waals surface area contributed by atoms with Gasteiger partial charge in [-0.2, -0.15) is 0 Å². The lowest BCUT2D eigenvalue weighted by Crippen LogP contribution is -2.22. The van der Waals surface area contributed by atoms with Crippen molar-refractivity contribution in [1.82, 2.24) is 0 Å². The second-order valence-electron chi connectivity index (χ2n) is 4.62. The molecule has 1 N–H and O–H groups in total. The molecular weight excluding hydrogens is 332 g/mol. The second kappa shape index (κ2) is 6.72. The van der Waals surface area contributed by atoms with E-state index in [1.807, 2.05) is 0 Å². The Morgan fingerprint density at radius 2 is 1.95 bits per heavy atom. The molecule has 0 amide bonds. The SMILES string of the molecule is CC(C)S(=O)(=O)CCOc1cc(Br)ccc1[C@H](C)O. The average Bonchev–Trinajstić information content (AvgIpc) is 2.28. The van der Waals surface area contributed by atoms with Crippen molar-refractivity contribution in [3.05, 3.63) is 28.2 Å². The summed E-state index contributed by atoms with van der Waals surface area (Å²) in [4.78, 5) is 0. The van der Waals surface area contributed by atoms with E-state index in [-0.39, 0.29) is 12.4 Å². The fourth-order valence-electron chi connectivity index (χ4n) is 1.48. The molecule has 108 valence electrons. The summed E-state index contributed by atoms with van der Waals surface area (Å²) in [5.41, 5.74) is 0.644. The third kappa shape index (κ3) is 4.78. The van der Waals surface area contributed by atoms with Crippen molar-refractivity contribution in [3.63, 3.8) is 0 Å². The molecule has 0 fully saturated rings. The van der Waals surface area contributed by atoms with Gasteiger partial charge in [0.2, 0.25) is 0 Å². The molecule has 1 atom stereocenters. The van der Waals surface area contributed by atoms with E-state index < -0.39 is 21.2 Å². The molecule has 0 radical (unpaired) electrons. The van der Waals surface area contributed by atoms with Gasteiger partial charge in [0.15, 0.2) is 9.84 Å². The summed E-state index contributed by atoms with van der Waals surface area (Å²) in [6.45, 7) is 5.02. The van der Waals surface area contributed by atoms with Crippen LogP contribution < -0.4 is 4.74 Å². The standard InChI is InChI=1S/C13H19BrO4S/c1-9(2)19(16,17)7-6-18-13-8-11(14)4-5-12(13)10(3)15/h4-5,8-10,15H,6-7H2,1-3H3/t10-/m0/s1. The Morgan fingerprint density at radius 3 is 2.47 bits per heavy atom. The summed E-state index contributed by atoms with van der Waals surface area (Å²) < 4.78 is 29.6. The third-order valence-electron chi connectivity index (χ3n) is 2.77. The predicted molar refractivity (Wildman–Crippen MR) is 79.2 cm³/mol. The van der Waals surface area contributed by atoms with E-state index >= 15 is 0 Å². The minimum Gasteiger partial charge on any atom is -0.492 e. The Kier molecular flexibility index (Phi) is 5.82. The molecule has 0 unspecified atom stereocenters. The van der Waals surface area contributed by atoms with Crippen molar-refractivity contribution in [2.24, 2.45) is 0 Å². The minimum absolute atomic E-state index is 0.0313. The van der Waals surface area contributed by atoms with Gasteiger partial charge >= 0.3 is 0 Å². The van der Waals surface area contributed by atoms with Gasteiger partial charge in [0.1, 0.15) is 12.4 Å². The number of aliphatic hydroxyl groups is 1. The lowest BCUT2D eigenvalue weighted by Gasteiger charge is -2.14. The number of ether oxygens (including phenoxy) is 1. The quantitative estimate of drug-likeness (QED) is 0.856. The van der Waals surface area contributed by atoms with Gasteiger partial charge in [0.25, 0.3) is 0 Å². The van der Waals surface area contributed by atoms with Crippen LogP contribution >= 0.6 is 15.9 Å². The Balaban J connectivity index is 2.75. The van der Waals surface area contributed by atoms with Crippen LogP contribution in [0, 0.1) is 0 Å². The van der Waals surface area contributed by atoms with Gasteiger partial charge in [-0.15, -0.1) is 0 Å². The molecule has 6 heteroatoms. The molecule has 0 aliphatic rings. The van der Waals surface area contributed by atoms with Crippen LogP contribution in [-0.2, 0) is 9.84 Å². The lowest BCUT2D eigenvalue weighted by atomic mass is 10.1. The fraction of sp³-hybridized carbons (Fsp3) is 0.538. The van der Waals surface area contributed by atoms with Crippen LogP contribution in [0.3, 0.4) is 0 Å². The zero-order valence-electron chi connectivity index (χ0n) is 11.3. The number of hydrogen-bond donors (Lipinski definition) is 1. The summed E-state index contributed by atoms with van der Waals surface area (Å²) in [6.07, 6.45) is -0.662. The topological polar surface area (TPSA) is 63.6 Å². The first-order valence-corrected chi connectivity index (χ1v) is 8.56. The summed E-state index contributed by atoms with van der Waals surface area (Å²) >= 11 is 3.32. The first-order chi connectivity index (χ1) is 8.74. The molecule has 0 saturated heterocycles. The van der Waals surface area contributed by atoms with Crippen LogP contribution in [0.4, 0.5) is 0 Å². The van der Waals surface area contributed by atoms with Crippen LogP contribution in [0.15, 0.2) is 22.7 Å². The largest absolute Gasteiger partial charge is 0.492 e. The second-order valence-corrected chi connectivity index (χ2v) is 8.21. The van der Waals surface area contributed by atoms with Gasteiger partial charge in [-0.1, -0.05) is 22.0 Å².